The number of hydrogen-bond donors (Lipinski definition) is 1. The molecule has 6 rings (SSSR count). The van der Waals surface area contributed by atoms with Crippen LogP contribution < -0.4 is 5.32 Å². The van der Waals surface area contributed by atoms with Gasteiger partial charge in [0, 0.05) is 32.4 Å². The third-order valence-corrected chi connectivity index (χ3v) is 9.52. The average Bonchev–Trinajstić information content (AvgIpc) is 3.43. The second kappa shape index (κ2) is 11.1. The van der Waals surface area contributed by atoms with Crippen LogP contribution in [0.2, 0.25) is 0 Å². The Morgan fingerprint density at radius 2 is 1.37 bits per heavy atom. The molecule has 0 fully saturated rings. The number of para-hydroxylation sites is 1. The number of pyridine rings is 1. The van der Waals surface area contributed by atoms with Crippen LogP contribution in [-0.2, 0) is 0 Å². The minimum atomic E-state index is 0.156. The fraction of sp³-hybridized carbons (Fsp3) is 0.184. The van der Waals surface area contributed by atoms with Crippen molar-refractivity contribution >= 4 is 57.5 Å². The summed E-state index contributed by atoms with van der Waals surface area (Å²) in [5.41, 5.74) is 14.8. The first-order valence-electron chi connectivity index (χ1n) is 14.4. The highest BCUT2D eigenvalue weighted by Gasteiger charge is 2.29. The van der Waals surface area contributed by atoms with Crippen molar-refractivity contribution in [3.8, 4) is 11.1 Å². The quantitative estimate of drug-likeness (QED) is 0.220. The van der Waals surface area contributed by atoms with Gasteiger partial charge in [-0.2, -0.15) is 0 Å². The van der Waals surface area contributed by atoms with Crippen molar-refractivity contribution in [2.45, 2.75) is 51.8 Å². The maximum Gasteiger partial charge on any atom is 0.103 e. The maximum atomic E-state index is 5.13. The molecule has 0 radical (unpaired) electrons. The van der Waals surface area contributed by atoms with E-state index < -0.39 is 0 Å². The lowest BCUT2D eigenvalue weighted by molar-refractivity contribution is 1.13. The van der Waals surface area contributed by atoms with Gasteiger partial charge in [0.2, 0.25) is 0 Å². The summed E-state index contributed by atoms with van der Waals surface area (Å²) in [5, 5.41) is 6.40. The smallest absolute Gasteiger partial charge is 0.103 e. The van der Waals surface area contributed by atoms with E-state index in [1.54, 1.807) is 0 Å². The standard InChI is InChI=1S/C38H36N2S/c1-7-12-28-23(4)17-22-32-34(31-15-10-11-16-33(31)39-35(28)32)26-18-20-27(21-19-26)38-40-36-29(13-8-2)24(5)25(6)30(14-9-3)37(36)41-38/h7-22,38,40H,1-6H3/b12-7-,13-8-,14-9-. The normalized spacial score (nSPS) is 15.1. The summed E-state index contributed by atoms with van der Waals surface area (Å²) in [6, 6.07) is 22.1. The van der Waals surface area contributed by atoms with Crippen molar-refractivity contribution in [2.75, 3.05) is 5.32 Å². The highest BCUT2D eigenvalue weighted by molar-refractivity contribution is 8.00. The maximum absolute atomic E-state index is 5.13. The molecule has 0 aliphatic carbocycles. The molecule has 1 atom stereocenters. The Hall–Kier alpha value is -4.08. The summed E-state index contributed by atoms with van der Waals surface area (Å²) in [7, 11) is 0. The monoisotopic (exact) mass is 552 g/mol. The first kappa shape index (κ1) is 27.1. The van der Waals surface area contributed by atoms with Crippen LogP contribution in [0.1, 0.15) is 65.1 Å². The number of thioether (sulfide) groups is 1. The predicted octanol–water partition coefficient (Wildman–Crippen LogP) is 11.3. The Kier molecular flexibility index (Phi) is 7.32. The van der Waals surface area contributed by atoms with Crippen molar-refractivity contribution in [3.63, 3.8) is 0 Å². The van der Waals surface area contributed by atoms with Gasteiger partial charge >= 0.3 is 0 Å². The van der Waals surface area contributed by atoms with E-state index in [0.29, 0.717) is 0 Å². The predicted molar refractivity (Wildman–Crippen MR) is 182 cm³/mol. The van der Waals surface area contributed by atoms with Crippen LogP contribution in [-0.4, -0.2) is 4.98 Å². The number of rotatable bonds is 5. The zero-order valence-corrected chi connectivity index (χ0v) is 25.5. The SMILES string of the molecule is C/C=C\c1c(C)c(C)c(/C=C\C)c2c1NC(c1ccc(-c3c4ccccc4nc4c(/C=C\C)c(C)ccc34)cc1)S2. The number of fused-ring (bicyclic) bond motifs is 3. The fourth-order valence-electron chi connectivity index (χ4n) is 6.05. The van der Waals surface area contributed by atoms with Crippen molar-refractivity contribution in [1.82, 2.24) is 4.98 Å². The summed E-state index contributed by atoms with van der Waals surface area (Å²) >= 11 is 1.92. The minimum Gasteiger partial charge on any atom is -0.368 e. The van der Waals surface area contributed by atoms with Crippen LogP contribution in [0.25, 0.3) is 51.2 Å². The lowest BCUT2D eigenvalue weighted by Gasteiger charge is -2.16. The number of benzene rings is 4. The molecule has 204 valence electrons. The van der Waals surface area contributed by atoms with Crippen LogP contribution in [0.3, 0.4) is 0 Å². The van der Waals surface area contributed by atoms with E-state index in [1.165, 1.54) is 71.4 Å². The van der Waals surface area contributed by atoms with Gasteiger partial charge in [-0.05, 0) is 81.0 Å². The molecular formula is C38H36N2S. The highest BCUT2D eigenvalue weighted by atomic mass is 32.2. The van der Waals surface area contributed by atoms with Gasteiger partial charge in [-0.3, -0.25) is 0 Å². The third kappa shape index (κ3) is 4.59. The van der Waals surface area contributed by atoms with E-state index in [1.807, 2.05) is 11.8 Å². The number of nitrogens with one attached hydrogen (secondary N) is 1. The molecule has 2 nitrogen and oxygen atoms in total. The Morgan fingerprint density at radius 1 is 0.707 bits per heavy atom. The zero-order valence-electron chi connectivity index (χ0n) is 24.7. The summed E-state index contributed by atoms with van der Waals surface area (Å²) in [4.78, 5) is 6.47. The molecule has 1 aliphatic rings. The van der Waals surface area contributed by atoms with Gasteiger partial charge in [0.25, 0.3) is 0 Å². The average molecular weight is 553 g/mol. The second-order valence-corrected chi connectivity index (χ2v) is 11.9. The molecule has 3 heteroatoms. The molecule has 0 bridgehead atoms. The molecule has 1 N–H and O–H groups in total. The van der Waals surface area contributed by atoms with Crippen LogP contribution in [0.4, 0.5) is 5.69 Å². The van der Waals surface area contributed by atoms with E-state index in [2.05, 4.69) is 144 Å². The fourth-order valence-corrected chi connectivity index (χ4v) is 7.39. The summed E-state index contributed by atoms with van der Waals surface area (Å²) in [6.45, 7) is 12.9. The van der Waals surface area contributed by atoms with Crippen molar-refractivity contribution in [3.05, 3.63) is 118 Å². The topological polar surface area (TPSA) is 24.9 Å². The molecule has 0 saturated carbocycles. The summed E-state index contributed by atoms with van der Waals surface area (Å²) < 4.78 is 0. The third-order valence-electron chi connectivity index (χ3n) is 8.23. The number of aryl methyl sites for hydroxylation is 1. The number of allylic oxidation sites excluding steroid dienone is 3. The zero-order chi connectivity index (χ0) is 28.7. The Morgan fingerprint density at radius 3 is 2.10 bits per heavy atom. The first-order valence-corrected chi connectivity index (χ1v) is 15.3. The van der Waals surface area contributed by atoms with E-state index in [-0.39, 0.29) is 5.37 Å². The van der Waals surface area contributed by atoms with E-state index >= 15 is 0 Å². The van der Waals surface area contributed by atoms with E-state index in [9.17, 15) is 0 Å². The Balaban J connectivity index is 1.46. The molecule has 0 saturated heterocycles. The number of hydrogen-bond acceptors (Lipinski definition) is 3. The van der Waals surface area contributed by atoms with Crippen molar-refractivity contribution in [1.29, 1.82) is 0 Å². The molecule has 1 unspecified atom stereocenters. The number of nitrogens with zero attached hydrogens (tertiary/aromatic N) is 1. The number of aromatic nitrogens is 1. The van der Waals surface area contributed by atoms with Crippen LogP contribution in [0.15, 0.2) is 83.8 Å². The van der Waals surface area contributed by atoms with Gasteiger partial charge < -0.3 is 5.32 Å². The summed E-state index contributed by atoms with van der Waals surface area (Å²) in [6.07, 6.45) is 13.1. The van der Waals surface area contributed by atoms with Gasteiger partial charge in [0.15, 0.2) is 0 Å². The molecule has 4 aromatic carbocycles. The molecule has 2 heterocycles. The molecule has 5 aromatic rings. The molecule has 1 aromatic heterocycles. The molecule has 41 heavy (non-hydrogen) atoms. The van der Waals surface area contributed by atoms with Gasteiger partial charge in [0.05, 0.1) is 16.7 Å². The molecule has 0 amide bonds. The van der Waals surface area contributed by atoms with Crippen LogP contribution >= 0.6 is 11.8 Å². The molecule has 1 aliphatic heterocycles. The second-order valence-electron chi connectivity index (χ2n) is 10.7. The Labute approximate surface area is 247 Å². The molecular weight excluding hydrogens is 516 g/mol. The summed E-state index contributed by atoms with van der Waals surface area (Å²) in [5.74, 6) is 0. The van der Waals surface area contributed by atoms with Gasteiger partial charge in [-0.1, -0.05) is 103 Å². The highest BCUT2D eigenvalue weighted by Crippen LogP contribution is 2.52. The van der Waals surface area contributed by atoms with E-state index in [4.69, 9.17) is 4.98 Å². The van der Waals surface area contributed by atoms with Crippen molar-refractivity contribution in [2.24, 2.45) is 0 Å². The Bertz CT molecular complexity index is 1840. The van der Waals surface area contributed by atoms with Gasteiger partial charge in [-0.25, -0.2) is 4.98 Å². The molecule has 0 spiro atoms. The van der Waals surface area contributed by atoms with Gasteiger partial charge in [-0.15, -0.1) is 0 Å². The largest absolute Gasteiger partial charge is 0.368 e. The van der Waals surface area contributed by atoms with Crippen LogP contribution in [0, 0.1) is 20.8 Å². The minimum absolute atomic E-state index is 0.156. The first-order chi connectivity index (χ1) is 20.0. The van der Waals surface area contributed by atoms with E-state index in [0.717, 1.165) is 11.0 Å². The lowest BCUT2D eigenvalue weighted by atomic mass is 9.92. The lowest BCUT2D eigenvalue weighted by Crippen LogP contribution is -2.03. The van der Waals surface area contributed by atoms with Crippen molar-refractivity contribution < 1.29 is 0 Å². The van der Waals surface area contributed by atoms with Gasteiger partial charge in [0.1, 0.15) is 5.37 Å². The van der Waals surface area contributed by atoms with Crippen LogP contribution in [0.5, 0.6) is 0 Å². The number of anilines is 1.